The summed E-state index contributed by atoms with van der Waals surface area (Å²) in [6.45, 7) is 2.76. The van der Waals surface area contributed by atoms with Gasteiger partial charge in [0.2, 0.25) is 0 Å². The van der Waals surface area contributed by atoms with Crippen molar-refractivity contribution in [2.75, 3.05) is 13.2 Å². The van der Waals surface area contributed by atoms with Crippen molar-refractivity contribution in [3.05, 3.63) is 75.8 Å². The van der Waals surface area contributed by atoms with Crippen LogP contribution < -0.4 is 5.56 Å². The van der Waals surface area contributed by atoms with Crippen molar-refractivity contribution in [1.82, 2.24) is 14.9 Å². The van der Waals surface area contributed by atoms with Crippen LogP contribution in [0.3, 0.4) is 0 Å². The second-order valence-electron chi connectivity index (χ2n) is 8.02. The maximum atomic E-state index is 14.2. The smallest absolute Gasteiger partial charge is 0.290 e. The first-order valence-electron chi connectivity index (χ1n) is 10.6. The number of nitrogens with one attached hydrogen (secondary N) is 1. The summed E-state index contributed by atoms with van der Waals surface area (Å²) < 4.78 is 25.6. The van der Waals surface area contributed by atoms with E-state index < -0.39 is 11.7 Å². The molecular weight excluding hydrogens is 413 g/mol. The number of aromatic nitrogens is 2. The number of hydrogen-bond acceptors (Lipinski definition) is 5. The van der Waals surface area contributed by atoms with Crippen LogP contribution in [-0.4, -0.2) is 40.0 Å². The highest BCUT2D eigenvalue weighted by Crippen LogP contribution is 2.29. The molecule has 1 N–H and O–H groups in total. The minimum atomic E-state index is -0.518. The van der Waals surface area contributed by atoms with E-state index in [9.17, 15) is 14.0 Å². The summed E-state index contributed by atoms with van der Waals surface area (Å²) in [5.41, 5.74) is 0.916. The highest BCUT2D eigenvalue weighted by molar-refractivity contribution is 5.99. The first-order chi connectivity index (χ1) is 15.5. The normalized spacial score (nSPS) is 16.1. The monoisotopic (exact) mass is 435 g/mol. The lowest BCUT2D eigenvalue weighted by Gasteiger charge is -2.24. The molecule has 3 heterocycles. The standard InChI is InChI=1S/C24H22FN3O4/c1-14-16-8-4-9-18(25)22(16)32-21(14)24(30)28(12-15-6-5-11-31-15)13-20-26-19-10-3-2-7-17(19)23(29)27-20/h2-4,7-10,15H,5-6,11-13H2,1H3,(H,26,27,29)/t15-/m0/s1. The van der Waals surface area contributed by atoms with E-state index in [1.807, 2.05) is 0 Å². The number of aryl methyl sites for hydroxylation is 1. The predicted octanol–water partition coefficient (Wildman–Crippen LogP) is 3.94. The lowest BCUT2D eigenvalue weighted by Crippen LogP contribution is -2.38. The van der Waals surface area contributed by atoms with Gasteiger partial charge in [-0.15, -0.1) is 0 Å². The Morgan fingerprint density at radius 3 is 2.81 bits per heavy atom. The molecule has 1 saturated heterocycles. The topological polar surface area (TPSA) is 88.4 Å². The number of H-pyrrole nitrogens is 1. The number of furan rings is 1. The number of ether oxygens (including phenoxy) is 1. The molecule has 0 radical (unpaired) electrons. The maximum Gasteiger partial charge on any atom is 0.290 e. The van der Waals surface area contributed by atoms with Crippen molar-refractivity contribution in [3.63, 3.8) is 0 Å². The summed E-state index contributed by atoms with van der Waals surface area (Å²) >= 11 is 0. The van der Waals surface area contributed by atoms with Gasteiger partial charge >= 0.3 is 0 Å². The van der Waals surface area contributed by atoms with E-state index in [1.165, 1.54) is 6.07 Å². The van der Waals surface area contributed by atoms with Crippen molar-refractivity contribution in [1.29, 1.82) is 0 Å². The van der Waals surface area contributed by atoms with Gasteiger partial charge in [-0.3, -0.25) is 9.59 Å². The van der Waals surface area contributed by atoms with Crippen molar-refractivity contribution in [3.8, 4) is 0 Å². The highest BCUT2D eigenvalue weighted by atomic mass is 19.1. The minimum Gasteiger partial charge on any atom is -0.448 e. The van der Waals surface area contributed by atoms with E-state index in [4.69, 9.17) is 9.15 Å². The lowest BCUT2D eigenvalue weighted by atomic mass is 10.1. The number of carbonyl (C=O) groups excluding carboxylic acids is 1. The van der Waals surface area contributed by atoms with Crippen molar-refractivity contribution < 1.29 is 18.3 Å². The molecule has 1 aliphatic rings. The molecular formula is C24H22FN3O4. The molecule has 164 valence electrons. The van der Waals surface area contributed by atoms with Gasteiger partial charge in [0.15, 0.2) is 17.2 Å². The fraction of sp³-hybridized carbons (Fsp3) is 0.292. The number of benzene rings is 2. The Kier molecular flexibility index (Phi) is 5.22. The molecule has 0 spiro atoms. The molecule has 0 aliphatic carbocycles. The van der Waals surface area contributed by atoms with Crippen LogP contribution in [0.5, 0.6) is 0 Å². The number of amides is 1. The van der Waals surface area contributed by atoms with Gasteiger partial charge in [0.1, 0.15) is 5.82 Å². The summed E-state index contributed by atoms with van der Waals surface area (Å²) in [5.74, 6) is -0.480. The largest absolute Gasteiger partial charge is 0.448 e. The van der Waals surface area contributed by atoms with Gasteiger partial charge < -0.3 is 19.0 Å². The molecule has 1 fully saturated rings. The second kappa shape index (κ2) is 8.20. The van der Waals surface area contributed by atoms with E-state index >= 15 is 0 Å². The van der Waals surface area contributed by atoms with Crippen LogP contribution in [0.15, 0.2) is 51.7 Å². The Morgan fingerprint density at radius 1 is 1.22 bits per heavy atom. The number of para-hydroxylation sites is 2. The third kappa shape index (κ3) is 3.67. The number of fused-ring (bicyclic) bond motifs is 2. The number of rotatable bonds is 5. The van der Waals surface area contributed by atoms with E-state index in [-0.39, 0.29) is 29.6 Å². The predicted molar refractivity (Wildman–Crippen MR) is 117 cm³/mol. The van der Waals surface area contributed by atoms with Gasteiger partial charge in [-0.1, -0.05) is 24.3 Å². The summed E-state index contributed by atoms with van der Waals surface area (Å²) in [6, 6.07) is 11.6. The highest BCUT2D eigenvalue weighted by Gasteiger charge is 2.28. The Morgan fingerprint density at radius 2 is 2.03 bits per heavy atom. The van der Waals surface area contributed by atoms with Gasteiger partial charge in [0, 0.05) is 24.1 Å². The molecule has 1 aliphatic heterocycles. The van der Waals surface area contributed by atoms with Crippen molar-refractivity contribution >= 4 is 27.8 Å². The van der Waals surface area contributed by atoms with Gasteiger partial charge in [-0.25, -0.2) is 9.37 Å². The molecule has 32 heavy (non-hydrogen) atoms. The van der Waals surface area contributed by atoms with Crippen molar-refractivity contribution in [2.45, 2.75) is 32.4 Å². The zero-order valence-corrected chi connectivity index (χ0v) is 17.6. The van der Waals surface area contributed by atoms with E-state index in [2.05, 4.69) is 9.97 Å². The van der Waals surface area contributed by atoms with Crippen LogP contribution >= 0.6 is 0 Å². The molecule has 0 bridgehead atoms. The van der Waals surface area contributed by atoms with Gasteiger partial charge in [-0.2, -0.15) is 0 Å². The number of aromatic amines is 1. The maximum absolute atomic E-state index is 14.2. The average Bonchev–Trinajstić information content (AvgIpc) is 3.42. The van der Waals surface area contributed by atoms with Gasteiger partial charge in [-0.05, 0) is 38.0 Å². The lowest BCUT2D eigenvalue weighted by molar-refractivity contribution is 0.0478. The molecule has 0 saturated carbocycles. The second-order valence-corrected chi connectivity index (χ2v) is 8.02. The number of nitrogens with zero attached hydrogens (tertiary/aromatic N) is 2. The van der Waals surface area contributed by atoms with Crippen LogP contribution in [-0.2, 0) is 11.3 Å². The first-order valence-corrected chi connectivity index (χ1v) is 10.6. The summed E-state index contributed by atoms with van der Waals surface area (Å²) in [5, 5.41) is 1.04. The van der Waals surface area contributed by atoms with E-state index in [1.54, 1.807) is 48.2 Å². The zero-order valence-electron chi connectivity index (χ0n) is 17.6. The summed E-state index contributed by atoms with van der Waals surface area (Å²) in [4.78, 5) is 34.9. The first kappa shape index (κ1) is 20.4. The summed E-state index contributed by atoms with van der Waals surface area (Å²) in [7, 11) is 0. The van der Waals surface area contributed by atoms with Crippen LogP contribution in [0.25, 0.3) is 21.9 Å². The summed E-state index contributed by atoms with van der Waals surface area (Å²) in [6.07, 6.45) is 1.64. The van der Waals surface area contributed by atoms with Gasteiger partial charge in [0.25, 0.3) is 11.5 Å². The molecule has 5 rings (SSSR count). The Hall–Kier alpha value is -3.52. The molecule has 1 atom stereocenters. The van der Waals surface area contributed by atoms with Gasteiger partial charge in [0.05, 0.1) is 23.6 Å². The quantitative estimate of drug-likeness (QED) is 0.513. The molecule has 4 aromatic rings. The molecule has 2 aromatic heterocycles. The zero-order chi connectivity index (χ0) is 22.2. The molecule has 8 heteroatoms. The molecule has 2 aromatic carbocycles. The van der Waals surface area contributed by atoms with Crippen LogP contribution in [0.4, 0.5) is 4.39 Å². The Bertz CT molecular complexity index is 1370. The van der Waals surface area contributed by atoms with Crippen molar-refractivity contribution in [2.24, 2.45) is 0 Å². The molecule has 0 unspecified atom stereocenters. The number of halogens is 1. The fourth-order valence-corrected chi connectivity index (χ4v) is 4.20. The van der Waals surface area contributed by atoms with Crippen LogP contribution in [0, 0.1) is 12.7 Å². The van der Waals surface area contributed by atoms with Crippen LogP contribution in [0.1, 0.15) is 34.8 Å². The fourth-order valence-electron chi connectivity index (χ4n) is 4.20. The minimum absolute atomic E-state index is 0.0580. The van der Waals surface area contributed by atoms with E-state index in [0.29, 0.717) is 40.8 Å². The Balaban J connectivity index is 1.52. The average molecular weight is 435 g/mol. The Labute approximate surface area is 182 Å². The van der Waals surface area contributed by atoms with Crippen LogP contribution in [0.2, 0.25) is 0 Å². The number of carbonyl (C=O) groups is 1. The number of hydrogen-bond donors (Lipinski definition) is 1. The molecule has 7 nitrogen and oxygen atoms in total. The molecule has 1 amide bonds. The third-order valence-electron chi connectivity index (χ3n) is 5.85. The van der Waals surface area contributed by atoms with E-state index in [0.717, 1.165) is 12.8 Å². The third-order valence-corrected chi connectivity index (χ3v) is 5.85. The SMILES string of the molecule is Cc1c(C(=O)N(Cc2nc3ccccc3c(=O)[nH]2)C[C@@H]2CCCO2)oc2c(F)cccc12.